The number of aryl methyl sites for hydroxylation is 2. The molecular formula is C21H23F3N6O2. The number of anilines is 2. The van der Waals surface area contributed by atoms with Crippen molar-refractivity contribution >= 4 is 28.3 Å². The Labute approximate surface area is 182 Å². The second-order valence-corrected chi connectivity index (χ2v) is 7.94. The molecule has 0 bridgehead atoms. The third kappa shape index (κ3) is 4.07. The van der Waals surface area contributed by atoms with E-state index in [1.807, 2.05) is 14.0 Å². The molecule has 0 unspecified atom stereocenters. The summed E-state index contributed by atoms with van der Waals surface area (Å²) in [6, 6.07) is 2.47. The lowest BCUT2D eigenvalue weighted by atomic mass is 10.1. The molecular weight excluding hydrogens is 425 g/mol. The zero-order valence-electron chi connectivity index (χ0n) is 17.9. The molecule has 2 aromatic heterocycles. The van der Waals surface area contributed by atoms with Crippen LogP contribution in [0.4, 0.5) is 24.5 Å². The van der Waals surface area contributed by atoms with Crippen LogP contribution >= 0.6 is 0 Å². The SMILES string of the molecule is Cc1nn(C)c2ncc(C(=O)Nc3cc(O)cc(C(F)(F)F)c3)c(N3CCN(C)CC3)c12. The van der Waals surface area contributed by atoms with Gasteiger partial charge in [0.25, 0.3) is 5.91 Å². The fourth-order valence-electron chi connectivity index (χ4n) is 3.96. The molecule has 32 heavy (non-hydrogen) atoms. The lowest BCUT2D eigenvalue weighted by molar-refractivity contribution is -0.137. The molecule has 2 N–H and O–H groups in total. The van der Waals surface area contributed by atoms with Crippen molar-refractivity contribution in [3.05, 3.63) is 41.2 Å². The normalized spacial score (nSPS) is 15.4. The van der Waals surface area contributed by atoms with Crippen molar-refractivity contribution in [3.8, 4) is 5.75 Å². The highest BCUT2D eigenvalue weighted by Crippen LogP contribution is 2.35. The second-order valence-electron chi connectivity index (χ2n) is 7.94. The molecule has 170 valence electrons. The molecule has 8 nitrogen and oxygen atoms in total. The van der Waals surface area contributed by atoms with Gasteiger partial charge >= 0.3 is 6.18 Å². The summed E-state index contributed by atoms with van der Waals surface area (Å²) in [4.78, 5) is 21.8. The monoisotopic (exact) mass is 448 g/mol. The topological polar surface area (TPSA) is 86.5 Å². The van der Waals surface area contributed by atoms with Gasteiger partial charge in [-0.3, -0.25) is 9.48 Å². The van der Waals surface area contributed by atoms with Crippen LogP contribution in [-0.4, -0.2) is 63.9 Å². The first-order valence-electron chi connectivity index (χ1n) is 10.0. The van der Waals surface area contributed by atoms with Crippen molar-refractivity contribution in [1.29, 1.82) is 0 Å². The number of nitrogens with zero attached hydrogens (tertiary/aromatic N) is 5. The Kier molecular flexibility index (Phi) is 5.45. The highest BCUT2D eigenvalue weighted by Gasteiger charge is 2.32. The quantitative estimate of drug-likeness (QED) is 0.641. The zero-order valence-corrected chi connectivity index (χ0v) is 17.9. The number of halogens is 3. The number of phenols is 1. The number of piperazine rings is 1. The van der Waals surface area contributed by atoms with Crippen molar-refractivity contribution < 1.29 is 23.1 Å². The number of rotatable bonds is 3. The summed E-state index contributed by atoms with van der Waals surface area (Å²) >= 11 is 0. The van der Waals surface area contributed by atoms with E-state index in [9.17, 15) is 23.1 Å². The minimum Gasteiger partial charge on any atom is -0.508 e. The van der Waals surface area contributed by atoms with Gasteiger partial charge < -0.3 is 20.2 Å². The maximum Gasteiger partial charge on any atom is 0.416 e. The standard InChI is InChI=1S/C21H23F3N6O2/c1-12-17-18(30-6-4-28(2)5-7-30)16(11-25-19(17)29(3)27-12)20(32)26-14-8-13(21(22,23)24)9-15(31)10-14/h8-11,31H,4-7H2,1-3H3,(H,26,32). The Bertz CT molecular complexity index is 1180. The van der Waals surface area contributed by atoms with E-state index in [1.165, 1.54) is 6.20 Å². The van der Waals surface area contributed by atoms with E-state index in [-0.39, 0.29) is 11.3 Å². The van der Waals surface area contributed by atoms with E-state index in [4.69, 9.17) is 0 Å². The fourth-order valence-corrected chi connectivity index (χ4v) is 3.96. The number of fused-ring (bicyclic) bond motifs is 1. The van der Waals surface area contributed by atoms with Gasteiger partial charge in [-0.05, 0) is 26.1 Å². The molecule has 0 aliphatic carbocycles. The fraction of sp³-hybridized carbons (Fsp3) is 0.381. The average molecular weight is 448 g/mol. The Morgan fingerprint density at radius 3 is 2.47 bits per heavy atom. The summed E-state index contributed by atoms with van der Waals surface area (Å²) in [6.07, 6.45) is -3.24. The van der Waals surface area contributed by atoms with Crippen LogP contribution in [0.25, 0.3) is 11.0 Å². The number of aromatic nitrogens is 3. The number of aromatic hydroxyl groups is 1. The number of carbonyl (C=O) groups is 1. The van der Waals surface area contributed by atoms with Gasteiger partial charge in [-0.2, -0.15) is 18.3 Å². The minimum absolute atomic E-state index is 0.158. The van der Waals surface area contributed by atoms with Crippen LogP contribution in [-0.2, 0) is 13.2 Å². The molecule has 0 atom stereocenters. The van der Waals surface area contributed by atoms with Crippen LogP contribution in [0.15, 0.2) is 24.4 Å². The van der Waals surface area contributed by atoms with Gasteiger partial charge in [0.05, 0.1) is 27.9 Å². The summed E-state index contributed by atoms with van der Waals surface area (Å²) in [5.74, 6) is -1.21. The number of hydrogen-bond acceptors (Lipinski definition) is 6. The predicted octanol–water partition coefficient (Wildman–Crippen LogP) is 3.01. The first-order chi connectivity index (χ1) is 15.0. The van der Waals surface area contributed by atoms with Crippen LogP contribution in [0.5, 0.6) is 5.75 Å². The summed E-state index contributed by atoms with van der Waals surface area (Å²) < 4.78 is 41.0. The van der Waals surface area contributed by atoms with Gasteiger partial charge in [0.2, 0.25) is 0 Å². The lowest BCUT2D eigenvalue weighted by Gasteiger charge is -2.35. The molecule has 3 aromatic rings. The number of hydrogen-bond donors (Lipinski definition) is 2. The smallest absolute Gasteiger partial charge is 0.416 e. The number of alkyl halides is 3. The Morgan fingerprint density at radius 2 is 1.81 bits per heavy atom. The minimum atomic E-state index is -4.66. The second kappa shape index (κ2) is 7.97. The predicted molar refractivity (Wildman–Crippen MR) is 114 cm³/mol. The first-order valence-corrected chi connectivity index (χ1v) is 10.0. The van der Waals surface area contributed by atoms with Gasteiger partial charge in [-0.25, -0.2) is 4.98 Å². The van der Waals surface area contributed by atoms with Crippen molar-refractivity contribution in [3.63, 3.8) is 0 Å². The molecule has 4 rings (SSSR count). The van der Waals surface area contributed by atoms with Crippen LogP contribution in [0.2, 0.25) is 0 Å². The molecule has 1 saturated heterocycles. The highest BCUT2D eigenvalue weighted by atomic mass is 19.4. The molecule has 0 radical (unpaired) electrons. The number of amides is 1. The average Bonchev–Trinajstić information content (AvgIpc) is 3.00. The Hall–Kier alpha value is -3.34. The van der Waals surface area contributed by atoms with E-state index in [0.29, 0.717) is 36.2 Å². The lowest BCUT2D eigenvalue weighted by Crippen LogP contribution is -2.45. The summed E-state index contributed by atoms with van der Waals surface area (Å²) in [5, 5.41) is 17.4. The molecule has 1 aromatic carbocycles. The van der Waals surface area contributed by atoms with E-state index >= 15 is 0 Å². The number of pyridine rings is 1. The third-order valence-electron chi connectivity index (χ3n) is 5.57. The van der Waals surface area contributed by atoms with Gasteiger partial charge in [-0.15, -0.1) is 0 Å². The highest BCUT2D eigenvalue weighted by molar-refractivity contribution is 6.13. The van der Waals surface area contributed by atoms with Crippen molar-refractivity contribution in [2.24, 2.45) is 7.05 Å². The molecule has 1 amide bonds. The first kappa shape index (κ1) is 21.9. The molecule has 3 heterocycles. The number of carbonyl (C=O) groups excluding carboxylic acids is 1. The van der Waals surface area contributed by atoms with Crippen LogP contribution in [0, 0.1) is 6.92 Å². The largest absolute Gasteiger partial charge is 0.508 e. The third-order valence-corrected chi connectivity index (χ3v) is 5.57. The van der Waals surface area contributed by atoms with E-state index in [0.717, 1.165) is 30.6 Å². The van der Waals surface area contributed by atoms with E-state index < -0.39 is 23.4 Å². The maximum absolute atomic E-state index is 13.2. The van der Waals surface area contributed by atoms with Crippen molar-refractivity contribution in [1.82, 2.24) is 19.7 Å². The van der Waals surface area contributed by atoms with E-state index in [1.54, 1.807) is 11.7 Å². The molecule has 1 aliphatic rings. The van der Waals surface area contributed by atoms with E-state index in [2.05, 4.69) is 25.2 Å². The summed E-state index contributed by atoms with van der Waals surface area (Å²) in [7, 11) is 3.78. The summed E-state index contributed by atoms with van der Waals surface area (Å²) in [6.45, 7) is 4.77. The van der Waals surface area contributed by atoms with Gasteiger partial charge in [-0.1, -0.05) is 0 Å². The molecule has 0 saturated carbocycles. The van der Waals surface area contributed by atoms with Crippen LogP contribution in [0.3, 0.4) is 0 Å². The number of likely N-dealkylation sites (N-methyl/N-ethyl adjacent to an activating group) is 1. The van der Waals surface area contributed by atoms with Crippen molar-refractivity contribution in [2.75, 3.05) is 43.4 Å². The molecule has 1 aliphatic heterocycles. The summed E-state index contributed by atoms with van der Waals surface area (Å²) in [5.41, 5.74) is 0.996. The van der Waals surface area contributed by atoms with Gasteiger partial charge in [0, 0.05) is 51.2 Å². The van der Waals surface area contributed by atoms with Gasteiger partial charge in [0.1, 0.15) is 5.75 Å². The molecule has 11 heteroatoms. The Balaban J connectivity index is 1.77. The maximum atomic E-state index is 13.2. The van der Waals surface area contributed by atoms with Crippen LogP contribution < -0.4 is 10.2 Å². The number of nitrogens with one attached hydrogen (secondary N) is 1. The van der Waals surface area contributed by atoms with Crippen LogP contribution in [0.1, 0.15) is 21.6 Å². The zero-order chi connectivity index (χ0) is 23.2. The molecule has 1 fully saturated rings. The number of phenolic OH excluding ortho intramolecular Hbond substituents is 1. The number of benzene rings is 1. The van der Waals surface area contributed by atoms with Crippen molar-refractivity contribution in [2.45, 2.75) is 13.1 Å². The Morgan fingerprint density at radius 1 is 1.12 bits per heavy atom. The molecule has 0 spiro atoms. The van der Waals surface area contributed by atoms with Gasteiger partial charge in [0.15, 0.2) is 5.65 Å².